The fourth-order valence-electron chi connectivity index (χ4n) is 1.70. The summed E-state index contributed by atoms with van der Waals surface area (Å²) in [5.74, 6) is -0.388. The summed E-state index contributed by atoms with van der Waals surface area (Å²) < 4.78 is 0.763. The number of nitrogens with two attached hydrogens (primary N) is 2. The average Bonchev–Trinajstić information content (AvgIpc) is 2.40. The normalized spacial score (nSPS) is 9.80. The van der Waals surface area contributed by atoms with E-state index in [1.165, 1.54) is 6.07 Å². The van der Waals surface area contributed by atoms with E-state index in [-0.39, 0.29) is 11.6 Å². The molecule has 0 saturated heterocycles. The monoisotopic (exact) mass is 330 g/mol. The van der Waals surface area contributed by atoms with Crippen molar-refractivity contribution in [1.29, 1.82) is 5.26 Å². The van der Waals surface area contributed by atoms with Gasteiger partial charge in [0, 0.05) is 15.8 Å². The van der Waals surface area contributed by atoms with Crippen LogP contribution < -0.4 is 16.8 Å². The molecule has 0 spiro atoms. The first-order valence-electron chi connectivity index (χ1n) is 5.67. The number of hydrogen-bond donors (Lipinski definition) is 3. The molecule has 1 amide bonds. The zero-order valence-corrected chi connectivity index (χ0v) is 11.9. The van der Waals surface area contributed by atoms with Crippen molar-refractivity contribution in [3.63, 3.8) is 0 Å². The Labute approximate surface area is 124 Å². The molecule has 0 bridgehead atoms. The molecule has 2 aromatic carbocycles. The Kier molecular flexibility index (Phi) is 3.91. The van der Waals surface area contributed by atoms with Gasteiger partial charge in [0.2, 0.25) is 0 Å². The third-order valence-electron chi connectivity index (χ3n) is 2.67. The van der Waals surface area contributed by atoms with Crippen molar-refractivity contribution >= 4 is 38.9 Å². The number of nitriles is 1. The van der Waals surface area contributed by atoms with Crippen LogP contribution in [-0.4, -0.2) is 5.91 Å². The Bertz CT molecular complexity index is 722. The molecule has 0 heterocycles. The summed E-state index contributed by atoms with van der Waals surface area (Å²) in [4.78, 5) is 12.1. The van der Waals surface area contributed by atoms with E-state index in [0.717, 1.165) is 4.47 Å². The lowest BCUT2D eigenvalue weighted by Gasteiger charge is -2.09. The van der Waals surface area contributed by atoms with Gasteiger partial charge in [-0.05, 0) is 36.4 Å². The molecular formula is C14H11BrN4O. The molecule has 0 aliphatic heterocycles. The predicted molar refractivity (Wildman–Crippen MR) is 82.1 cm³/mol. The molecule has 0 unspecified atom stereocenters. The summed E-state index contributed by atoms with van der Waals surface area (Å²) in [7, 11) is 0. The van der Waals surface area contributed by atoms with E-state index >= 15 is 0 Å². The van der Waals surface area contributed by atoms with Gasteiger partial charge in [-0.25, -0.2) is 0 Å². The molecule has 0 radical (unpaired) electrons. The van der Waals surface area contributed by atoms with E-state index in [9.17, 15) is 4.79 Å². The van der Waals surface area contributed by atoms with Crippen molar-refractivity contribution < 1.29 is 4.79 Å². The van der Waals surface area contributed by atoms with Gasteiger partial charge in [0.05, 0.1) is 16.8 Å². The predicted octanol–water partition coefficient (Wildman–Crippen LogP) is 2.74. The number of halogens is 1. The smallest absolute Gasteiger partial charge is 0.257 e. The van der Waals surface area contributed by atoms with Gasteiger partial charge < -0.3 is 16.8 Å². The third-order valence-corrected chi connectivity index (χ3v) is 3.16. The van der Waals surface area contributed by atoms with Crippen molar-refractivity contribution in [3.8, 4) is 6.07 Å². The third kappa shape index (κ3) is 2.90. The number of benzene rings is 2. The Morgan fingerprint density at radius 2 is 1.95 bits per heavy atom. The molecule has 20 heavy (non-hydrogen) atoms. The van der Waals surface area contributed by atoms with E-state index < -0.39 is 0 Å². The number of hydrogen-bond acceptors (Lipinski definition) is 4. The highest BCUT2D eigenvalue weighted by atomic mass is 79.9. The maximum absolute atomic E-state index is 12.1. The molecule has 100 valence electrons. The zero-order valence-electron chi connectivity index (χ0n) is 10.4. The lowest BCUT2D eigenvalue weighted by atomic mass is 10.1. The van der Waals surface area contributed by atoms with E-state index in [4.69, 9.17) is 16.7 Å². The van der Waals surface area contributed by atoms with Gasteiger partial charge in [0.15, 0.2) is 0 Å². The first-order valence-corrected chi connectivity index (χ1v) is 6.46. The van der Waals surface area contributed by atoms with Gasteiger partial charge in [-0.3, -0.25) is 4.79 Å². The second-order valence-electron chi connectivity index (χ2n) is 4.10. The number of rotatable bonds is 2. The van der Waals surface area contributed by atoms with E-state index in [0.29, 0.717) is 22.5 Å². The molecule has 0 aliphatic rings. The zero-order chi connectivity index (χ0) is 14.7. The second kappa shape index (κ2) is 5.63. The molecule has 0 atom stereocenters. The first kappa shape index (κ1) is 13.9. The minimum absolute atomic E-state index is 0.290. The van der Waals surface area contributed by atoms with Gasteiger partial charge in [-0.2, -0.15) is 5.26 Å². The highest BCUT2D eigenvalue weighted by Gasteiger charge is 2.12. The molecule has 0 aliphatic carbocycles. The summed E-state index contributed by atoms with van der Waals surface area (Å²) in [5.41, 5.74) is 13.2. The van der Waals surface area contributed by atoms with Crippen LogP contribution in [0.25, 0.3) is 0 Å². The second-order valence-corrected chi connectivity index (χ2v) is 5.02. The minimum atomic E-state index is -0.388. The average molecular weight is 331 g/mol. The van der Waals surface area contributed by atoms with Crippen LogP contribution in [-0.2, 0) is 0 Å². The Hall–Kier alpha value is -2.52. The van der Waals surface area contributed by atoms with Crippen LogP contribution in [0, 0.1) is 11.3 Å². The van der Waals surface area contributed by atoms with Gasteiger partial charge in [0.25, 0.3) is 5.91 Å². The molecule has 0 fully saturated rings. The number of carbonyl (C=O) groups is 1. The van der Waals surface area contributed by atoms with E-state index in [2.05, 4.69) is 21.2 Å². The molecule has 6 heteroatoms. The lowest BCUT2D eigenvalue weighted by Crippen LogP contribution is -2.15. The first-order chi connectivity index (χ1) is 9.51. The highest BCUT2D eigenvalue weighted by molar-refractivity contribution is 9.10. The molecule has 2 aromatic rings. The molecule has 5 N–H and O–H groups in total. The number of anilines is 3. The van der Waals surface area contributed by atoms with Gasteiger partial charge >= 0.3 is 0 Å². The molecule has 5 nitrogen and oxygen atoms in total. The fourth-order valence-corrected chi connectivity index (χ4v) is 2.06. The number of nitrogens with one attached hydrogen (secondary N) is 1. The topological polar surface area (TPSA) is 105 Å². The molecule has 0 aromatic heterocycles. The molecule has 2 rings (SSSR count). The Balaban J connectivity index is 2.31. The van der Waals surface area contributed by atoms with Crippen LogP contribution in [0.15, 0.2) is 40.9 Å². The number of amides is 1. The quantitative estimate of drug-likeness (QED) is 0.736. The van der Waals surface area contributed by atoms with E-state index in [1.54, 1.807) is 30.3 Å². The molecular weight excluding hydrogens is 320 g/mol. The lowest BCUT2D eigenvalue weighted by molar-refractivity contribution is 0.102. The SMILES string of the molecule is N#Cc1cc(Br)ccc1NC(=O)c1ccc(N)cc1N. The van der Waals surface area contributed by atoms with Crippen molar-refractivity contribution in [3.05, 3.63) is 52.0 Å². The summed E-state index contributed by atoms with van der Waals surface area (Å²) in [6.07, 6.45) is 0. The number of nitrogen functional groups attached to an aromatic ring is 2. The Morgan fingerprint density at radius 3 is 2.60 bits per heavy atom. The van der Waals surface area contributed by atoms with Crippen molar-refractivity contribution in [2.24, 2.45) is 0 Å². The largest absolute Gasteiger partial charge is 0.399 e. The van der Waals surface area contributed by atoms with Crippen molar-refractivity contribution in [2.45, 2.75) is 0 Å². The summed E-state index contributed by atoms with van der Waals surface area (Å²) in [5, 5.41) is 11.7. The Morgan fingerprint density at radius 1 is 1.20 bits per heavy atom. The van der Waals surface area contributed by atoms with Crippen LogP contribution in [0.5, 0.6) is 0 Å². The maximum Gasteiger partial charge on any atom is 0.257 e. The highest BCUT2D eigenvalue weighted by Crippen LogP contribution is 2.22. The van der Waals surface area contributed by atoms with Crippen LogP contribution in [0.4, 0.5) is 17.1 Å². The minimum Gasteiger partial charge on any atom is -0.399 e. The summed E-state index contributed by atoms with van der Waals surface area (Å²) >= 11 is 3.27. The van der Waals surface area contributed by atoms with Gasteiger partial charge in [0.1, 0.15) is 6.07 Å². The summed E-state index contributed by atoms with van der Waals surface area (Å²) in [6, 6.07) is 11.7. The number of carbonyl (C=O) groups excluding carboxylic acids is 1. The van der Waals surface area contributed by atoms with Crippen LogP contribution in [0.2, 0.25) is 0 Å². The fraction of sp³-hybridized carbons (Fsp3) is 0. The van der Waals surface area contributed by atoms with Crippen LogP contribution in [0.3, 0.4) is 0 Å². The van der Waals surface area contributed by atoms with Gasteiger partial charge in [-0.15, -0.1) is 0 Å². The number of nitrogens with zero attached hydrogens (tertiary/aromatic N) is 1. The van der Waals surface area contributed by atoms with Gasteiger partial charge in [-0.1, -0.05) is 15.9 Å². The van der Waals surface area contributed by atoms with Crippen LogP contribution in [0.1, 0.15) is 15.9 Å². The van der Waals surface area contributed by atoms with E-state index in [1.807, 2.05) is 6.07 Å². The van der Waals surface area contributed by atoms with Crippen LogP contribution >= 0.6 is 15.9 Å². The molecule has 0 saturated carbocycles. The standard InChI is InChI=1S/C14H11BrN4O/c15-9-1-4-13(8(5-9)7-16)19-14(20)11-3-2-10(17)6-12(11)18/h1-6H,17-18H2,(H,19,20). The summed E-state index contributed by atoms with van der Waals surface area (Å²) in [6.45, 7) is 0. The maximum atomic E-state index is 12.1. The van der Waals surface area contributed by atoms with Crippen molar-refractivity contribution in [1.82, 2.24) is 0 Å². The van der Waals surface area contributed by atoms with Crippen molar-refractivity contribution in [2.75, 3.05) is 16.8 Å².